The highest BCUT2D eigenvalue weighted by Crippen LogP contribution is 2.44. The molecule has 0 radical (unpaired) electrons. The number of hydrogen-bond donors (Lipinski definition) is 2. The van der Waals surface area contributed by atoms with E-state index in [2.05, 4.69) is 35.7 Å². The van der Waals surface area contributed by atoms with Gasteiger partial charge in [-0.1, -0.05) is 41.9 Å². The average Bonchev–Trinajstić information content (AvgIpc) is 3.57. The number of carbonyl (C=O) groups is 1. The number of carbonyl (C=O) groups excluding carboxylic acids is 1. The molecule has 1 aliphatic heterocycles. The van der Waals surface area contributed by atoms with Crippen LogP contribution in [0.3, 0.4) is 0 Å². The number of amides is 1. The highest BCUT2D eigenvalue weighted by molar-refractivity contribution is 6.32. The fourth-order valence-corrected chi connectivity index (χ4v) is 7.45. The first kappa shape index (κ1) is 39.5. The summed E-state index contributed by atoms with van der Waals surface area (Å²) in [6.07, 6.45) is 3.75. The van der Waals surface area contributed by atoms with Crippen molar-refractivity contribution in [1.82, 2.24) is 10.2 Å². The molecule has 4 aromatic carbocycles. The van der Waals surface area contributed by atoms with Crippen LogP contribution in [0.15, 0.2) is 66.7 Å². The number of nitriles is 2. The largest absolute Gasteiger partial charge is 0.493 e. The van der Waals surface area contributed by atoms with Gasteiger partial charge in [0, 0.05) is 31.1 Å². The summed E-state index contributed by atoms with van der Waals surface area (Å²) in [7, 11) is 0. The van der Waals surface area contributed by atoms with Crippen LogP contribution in [0.2, 0.25) is 5.02 Å². The Hall–Kier alpha value is -5.20. The van der Waals surface area contributed by atoms with E-state index >= 15 is 0 Å². The fourth-order valence-electron chi connectivity index (χ4n) is 7.22. The number of nitrogens with two attached hydrogens (primary N) is 1. The van der Waals surface area contributed by atoms with Crippen LogP contribution in [0, 0.1) is 29.6 Å². The lowest BCUT2D eigenvalue weighted by molar-refractivity contribution is -0.130. The molecule has 2 aliphatic rings. The van der Waals surface area contributed by atoms with Crippen LogP contribution < -0.4 is 25.3 Å². The summed E-state index contributed by atoms with van der Waals surface area (Å²) in [6.45, 7) is 3.94. The molecule has 0 spiro atoms. The third kappa shape index (κ3) is 10.1. The lowest BCUT2D eigenvalue weighted by atomic mass is 9.93. The van der Waals surface area contributed by atoms with E-state index in [9.17, 15) is 24.1 Å². The first-order valence-electron chi connectivity index (χ1n) is 18.5. The summed E-state index contributed by atoms with van der Waals surface area (Å²) in [5.74, 6) is -1.09. The van der Waals surface area contributed by atoms with E-state index in [-0.39, 0.29) is 31.7 Å². The number of nitrogens with one attached hydrogen (secondary N) is 1. The maximum atomic E-state index is 13.2. The highest BCUT2D eigenvalue weighted by Gasteiger charge is 2.43. The summed E-state index contributed by atoms with van der Waals surface area (Å²) < 4.78 is 45.5. The molecule has 3 N–H and O–H groups in total. The number of rotatable bonds is 18. The average molecular weight is 768 g/mol. The number of unbranched alkanes of at least 4 members (excludes halogenated alkanes) is 1. The molecule has 0 unspecified atom stereocenters. The molecule has 1 saturated heterocycles. The first-order chi connectivity index (χ1) is 26.5. The Morgan fingerprint density at radius 2 is 1.71 bits per heavy atom. The number of fused-ring (bicyclic) bond motifs is 1. The van der Waals surface area contributed by atoms with Gasteiger partial charge in [0.25, 0.3) is 5.92 Å². The lowest BCUT2D eigenvalue weighted by Crippen LogP contribution is -2.56. The van der Waals surface area contributed by atoms with E-state index in [1.165, 1.54) is 11.6 Å². The van der Waals surface area contributed by atoms with E-state index in [1.54, 1.807) is 23.1 Å². The van der Waals surface area contributed by atoms with Gasteiger partial charge in [0.1, 0.15) is 30.0 Å². The van der Waals surface area contributed by atoms with Crippen molar-refractivity contribution in [3.05, 3.63) is 111 Å². The molecular formula is C43H44ClF2N5O4. The Labute approximate surface area is 325 Å². The quantitative estimate of drug-likeness (QED) is 0.0970. The number of alkyl halides is 2. The maximum Gasteiger partial charge on any atom is 0.272 e. The molecule has 1 atom stereocenters. The minimum atomic E-state index is -2.56. The Morgan fingerprint density at radius 1 is 0.964 bits per heavy atom. The maximum absolute atomic E-state index is 13.2. The molecule has 1 amide bonds. The molecule has 0 aromatic heterocycles. The molecule has 0 saturated carbocycles. The molecule has 12 heteroatoms. The van der Waals surface area contributed by atoms with Gasteiger partial charge in [-0.25, -0.2) is 8.78 Å². The summed E-state index contributed by atoms with van der Waals surface area (Å²) in [4.78, 5) is 12.9. The van der Waals surface area contributed by atoms with Crippen LogP contribution in [-0.4, -0.2) is 49.5 Å². The minimum Gasteiger partial charge on any atom is -0.493 e. The van der Waals surface area contributed by atoms with Crippen molar-refractivity contribution in [2.24, 2.45) is 5.73 Å². The second-order valence-electron chi connectivity index (χ2n) is 14.1. The van der Waals surface area contributed by atoms with E-state index in [4.69, 9.17) is 31.5 Å². The van der Waals surface area contributed by atoms with Gasteiger partial charge in [0.05, 0.1) is 48.0 Å². The van der Waals surface area contributed by atoms with E-state index in [0.29, 0.717) is 78.7 Å². The van der Waals surface area contributed by atoms with Gasteiger partial charge in [-0.05, 0) is 109 Å². The van der Waals surface area contributed by atoms with Crippen LogP contribution in [0.5, 0.6) is 17.2 Å². The summed E-state index contributed by atoms with van der Waals surface area (Å²) >= 11 is 6.88. The highest BCUT2D eigenvalue weighted by atomic mass is 35.5. The molecule has 9 nitrogen and oxygen atoms in total. The van der Waals surface area contributed by atoms with Gasteiger partial charge in [0.2, 0.25) is 5.91 Å². The normalized spacial score (nSPS) is 15.7. The van der Waals surface area contributed by atoms with Gasteiger partial charge in [0.15, 0.2) is 0 Å². The van der Waals surface area contributed by atoms with Gasteiger partial charge >= 0.3 is 0 Å². The van der Waals surface area contributed by atoms with Crippen molar-refractivity contribution < 1.29 is 27.8 Å². The van der Waals surface area contributed by atoms with Crippen LogP contribution in [0.1, 0.15) is 77.2 Å². The minimum absolute atomic E-state index is 0.117. The van der Waals surface area contributed by atoms with Gasteiger partial charge in [-0.15, -0.1) is 0 Å². The summed E-state index contributed by atoms with van der Waals surface area (Å²) in [5.41, 5.74) is 13.0. The van der Waals surface area contributed by atoms with Gasteiger partial charge < -0.3 is 25.3 Å². The molecule has 0 bridgehead atoms. The predicted octanol–water partition coefficient (Wildman–Crippen LogP) is 8.17. The predicted molar refractivity (Wildman–Crippen MR) is 206 cm³/mol. The van der Waals surface area contributed by atoms with E-state index in [0.717, 1.165) is 52.8 Å². The topological polar surface area (TPSA) is 134 Å². The number of benzene rings is 4. The number of ether oxygens (including phenoxy) is 3. The van der Waals surface area contributed by atoms with Gasteiger partial charge in [-0.3, -0.25) is 9.69 Å². The van der Waals surface area contributed by atoms with Crippen molar-refractivity contribution in [1.29, 1.82) is 10.5 Å². The smallest absolute Gasteiger partial charge is 0.272 e. The zero-order valence-corrected chi connectivity index (χ0v) is 31.6. The second-order valence-corrected chi connectivity index (χ2v) is 14.5. The molecule has 286 valence electrons. The standard InChI is InChI=1S/C43H44ClF2N5O4/c1-28-33(7-5-10-38(28)53-16-6-15-51-26-43(45,46)27-51)34-8-4-9-36-35(34)12-13-39(36)55-41-21-40(54-25-31-18-29(22-47)17-30(19-31)23-48)32(20-37(41)44)24-50-14-3-2-11-42(49)52/h4-5,7-10,17-21,39,50H,2-3,6,11-16,24-27H2,1H3,(H2,49,52)/t39-/m0/s1. The van der Waals surface area contributed by atoms with Crippen LogP contribution in [0.4, 0.5) is 8.78 Å². The Kier molecular flexibility index (Phi) is 12.9. The molecular weight excluding hydrogens is 724 g/mol. The summed E-state index contributed by atoms with van der Waals surface area (Å²) in [6, 6.07) is 25.0. The van der Waals surface area contributed by atoms with Crippen LogP contribution in [-0.2, 0) is 24.4 Å². The van der Waals surface area contributed by atoms with Crippen molar-refractivity contribution >= 4 is 17.5 Å². The van der Waals surface area contributed by atoms with E-state index in [1.807, 2.05) is 31.2 Å². The number of halogens is 3. The molecule has 1 heterocycles. The molecule has 4 aromatic rings. The van der Waals surface area contributed by atoms with Crippen molar-refractivity contribution in [3.63, 3.8) is 0 Å². The summed E-state index contributed by atoms with van der Waals surface area (Å²) in [5, 5.41) is 22.8. The first-order valence-corrected chi connectivity index (χ1v) is 18.9. The Morgan fingerprint density at radius 3 is 2.44 bits per heavy atom. The number of nitrogens with zero attached hydrogens (tertiary/aromatic N) is 3. The number of hydrogen-bond acceptors (Lipinski definition) is 8. The zero-order chi connectivity index (χ0) is 39.0. The number of primary amides is 1. The SMILES string of the molecule is Cc1c(OCCCN2CC(F)(F)C2)cccc1-c1cccc2c1CC[C@@H]2Oc1cc(OCc2cc(C#N)cc(C#N)c2)c(CNCCCCC(N)=O)cc1Cl. The second kappa shape index (κ2) is 18.0. The van der Waals surface area contributed by atoms with Crippen LogP contribution in [0.25, 0.3) is 11.1 Å². The monoisotopic (exact) mass is 767 g/mol. The molecule has 1 aliphatic carbocycles. The lowest BCUT2D eigenvalue weighted by Gasteiger charge is -2.38. The van der Waals surface area contributed by atoms with E-state index < -0.39 is 5.92 Å². The fraction of sp³-hybridized carbons (Fsp3) is 0.372. The molecule has 1 fully saturated rings. The Balaban J connectivity index is 1.17. The zero-order valence-electron chi connectivity index (χ0n) is 30.8. The van der Waals surface area contributed by atoms with Crippen molar-refractivity contribution in [2.75, 3.05) is 32.8 Å². The molecule has 6 rings (SSSR count). The van der Waals surface area contributed by atoms with Gasteiger partial charge in [-0.2, -0.15) is 10.5 Å². The number of likely N-dealkylation sites (tertiary alicyclic amines) is 1. The Bertz CT molecular complexity index is 2070. The van der Waals surface area contributed by atoms with Crippen LogP contribution >= 0.6 is 11.6 Å². The molecule has 55 heavy (non-hydrogen) atoms. The third-order valence-electron chi connectivity index (χ3n) is 9.95. The van der Waals surface area contributed by atoms with Crippen molar-refractivity contribution in [3.8, 4) is 40.5 Å². The third-order valence-corrected chi connectivity index (χ3v) is 10.2. The van der Waals surface area contributed by atoms with Crippen molar-refractivity contribution in [2.45, 2.75) is 70.6 Å².